The van der Waals surface area contributed by atoms with Gasteiger partial charge in [-0.3, -0.25) is 10.6 Å². The fourth-order valence-corrected chi connectivity index (χ4v) is 1.49. The van der Waals surface area contributed by atoms with Crippen LogP contribution < -0.4 is 16.6 Å². The second-order valence-corrected chi connectivity index (χ2v) is 4.70. The topological polar surface area (TPSA) is 70.4 Å². The number of nitrogens with one attached hydrogen (secondary N) is 2. The van der Waals surface area contributed by atoms with Crippen molar-refractivity contribution in [3.8, 4) is 0 Å². The molecule has 100 valence electrons. The number of nitrogen functional groups attached to an aromatic ring is 1. The van der Waals surface area contributed by atoms with Gasteiger partial charge in [-0.1, -0.05) is 0 Å². The summed E-state index contributed by atoms with van der Waals surface area (Å²) >= 11 is 0. The Morgan fingerprint density at radius 1 is 1.44 bits per heavy atom. The summed E-state index contributed by atoms with van der Waals surface area (Å²) in [5.74, 6) is 5.29. The number of hydrazine groups is 1. The summed E-state index contributed by atoms with van der Waals surface area (Å²) in [6.07, 6.45) is 0. The number of carbonyl (C=O) groups is 1. The van der Waals surface area contributed by atoms with E-state index in [0.29, 0.717) is 18.2 Å². The Kier molecular flexibility index (Phi) is 5.12. The molecule has 18 heavy (non-hydrogen) atoms. The molecule has 0 aliphatic heterocycles. The number of likely N-dealkylation sites (N-methyl/N-ethyl adjacent to an activating group) is 1. The third-order valence-corrected chi connectivity index (χ3v) is 3.08. The summed E-state index contributed by atoms with van der Waals surface area (Å²) < 4.78 is 0. The molecule has 5 heteroatoms. The smallest absolute Gasteiger partial charge is 0.251 e. The molecule has 4 N–H and O–H groups in total. The van der Waals surface area contributed by atoms with Crippen LogP contribution >= 0.6 is 0 Å². The van der Waals surface area contributed by atoms with Gasteiger partial charge in [0.05, 0.1) is 5.69 Å². The van der Waals surface area contributed by atoms with E-state index in [1.54, 1.807) is 12.1 Å². The number of rotatable bonds is 5. The van der Waals surface area contributed by atoms with Crippen LogP contribution in [0.3, 0.4) is 0 Å². The maximum Gasteiger partial charge on any atom is 0.251 e. The van der Waals surface area contributed by atoms with Crippen molar-refractivity contribution in [3.05, 3.63) is 29.3 Å². The molecule has 1 aromatic rings. The number of nitrogens with two attached hydrogens (primary N) is 1. The Hall–Kier alpha value is -1.59. The average molecular weight is 250 g/mol. The molecular weight excluding hydrogens is 228 g/mol. The van der Waals surface area contributed by atoms with Crippen molar-refractivity contribution in [3.63, 3.8) is 0 Å². The first-order chi connectivity index (χ1) is 8.45. The number of benzene rings is 1. The van der Waals surface area contributed by atoms with E-state index in [1.165, 1.54) is 0 Å². The van der Waals surface area contributed by atoms with E-state index in [4.69, 9.17) is 5.84 Å². The van der Waals surface area contributed by atoms with Crippen molar-refractivity contribution in [1.82, 2.24) is 10.2 Å². The van der Waals surface area contributed by atoms with Crippen molar-refractivity contribution in [2.45, 2.75) is 19.9 Å². The Morgan fingerprint density at radius 2 is 2.11 bits per heavy atom. The Balaban J connectivity index is 2.65. The highest BCUT2D eigenvalue weighted by Gasteiger charge is 2.10. The molecule has 0 aliphatic carbocycles. The molecule has 1 atom stereocenters. The maximum absolute atomic E-state index is 11.9. The van der Waals surface area contributed by atoms with Crippen molar-refractivity contribution in [2.24, 2.45) is 5.84 Å². The van der Waals surface area contributed by atoms with E-state index >= 15 is 0 Å². The van der Waals surface area contributed by atoms with Crippen molar-refractivity contribution < 1.29 is 4.79 Å². The van der Waals surface area contributed by atoms with Crippen LogP contribution in [0.5, 0.6) is 0 Å². The van der Waals surface area contributed by atoms with E-state index in [-0.39, 0.29) is 5.91 Å². The maximum atomic E-state index is 11.9. The van der Waals surface area contributed by atoms with Crippen LogP contribution in [-0.4, -0.2) is 37.5 Å². The van der Waals surface area contributed by atoms with Gasteiger partial charge in [-0.05, 0) is 51.7 Å². The summed E-state index contributed by atoms with van der Waals surface area (Å²) in [5.41, 5.74) is 5.02. The van der Waals surface area contributed by atoms with Crippen molar-refractivity contribution in [2.75, 3.05) is 26.1 Å². The molecule has 0 bridgehead atoms. The Labute approximate surface area is 108 Å². The molecule has 0 spiro atoms. The van der Waals surface area contributed by atoms with E-state index in [1.807, 2.05) is 27.1 Å². The molecule has 5 nitrogen and oxygen atoms in total. The number of amides is 1. The molecule has 1 amide bonds. The van der Waals surface area contributed by atoms with E-state index in [0.717, 1.165) is 11.3 Å². The van der Waals surface area contributed by atoms with Crippen LogP contribution in [0.25, 0.3) is 0 Å². The fourth-order valence-electron chi connectivity index (χ4n) is 1.49. The molecule has 0 aliphatic rings. The lowest BCUT2D eigenvalue weighted by Gasteiger charge is -2.20. The van der Waals surface area contributed by atoms with Crippen LogP contribution in [-0.2, 0) is 0 Å². The zero-order valence-electron chi connectivity index (χ0n) is 11.4. The number of hydrogen-bond acceptors (Lipinski definition) is 4. The van der Waals surface area contributed by atoms with Crippen LogP contribution in [0.4, 0.5) is 5.69 Å². The average Bonchev–Trinajstić information content (AvgIpc) is 2.35. The largest absolute Gasteiger partial charge is 0.350 e. The minimum atomic E-state index is -0.0598. The summed E-state index contributed by atoms with van der Waals surface area (Å²) in [5, 5.41) is 2.91. The first kappa shape index (κ1) is 14.5. The van der Waals surface area contributed by atoms with Crippen LogP contribution in [0.2, 0.25) is 0 Å². The predicted octanol–water partition coefficient (Wildman–Crippen LogP) is 0.961. The monoisotopic (exact) mass is 250 g/mol. The molecule has 0 aromatic heterocycles. The lowest BCUT2D eigenvalue weighted by Crippen LogP contribution is -2.38. The first-order valence-electron chi connectivity index (χ1n) is 5.97. The van der Waals surface area contributed by atoms with E-state index in [2.05, 4.69) is 22.6 Å². The second-order valence-electron chi connectivity index (χ2n) is 4.70. The minimum Gasteiger partial charge on any atom is -0.350 e. The highest BCUT2D eigenvalue weighted by atomic mass is 16.1. The molecule has 0 radical (unpaired) electrons. The second kappa shape index (κ2) is 6.37. The number of aryl methyl sites for hydroxylation is 1. The highest BCUT2D eigenvalue weighted by Crippen LogP contribution is 2.15. The van der Waals surface area contributed by atoms with Crippen molar-refractivity contribution in [1.29, 1.82) is 0 Å². The molecule has 1 rings (SSSR count). The quantitative estimate of drug-likeness (QED) is 0.538. The van der Waals surface area contributed by atoms with Gasteiger partial charge in [-0.2, -0.15) is 0 Å². The van der Waals surface area contributed by atoms with Gasteiger partial charge in [0.25, 0.3) is 5.91 Å². The molecular formula is C13H22N4O. The van der Waals surface area contributed by atoms with Crippen molar-refractivity contribution >= 4 is 11.6 Å². The van der Waals surface area contributed by atoms with E-state index in [9.17, 15) is 4.79 Å². The van der Waals surface area contributed by atoms with Gasteiger partial charge in [0, 0.05) is 18.2 Å². The van der Waals surface area contributed by atoms with Gasteiger partial charge in [0.1, 0.15) is 0 Å². The Bertz CT molecular complexity index is 417. The summed E-state index contributed by atoms with van der Waals surface area (Å²) in [6.45, 7) is 4.60. The molecule has 1 aromatic carbocycles. The standard InChI is InChI=1S/C13H22N4O/c1-9-7-11(5-6-12(9)16-14)13(18)15-8-10(2)17(3)4/h5-7,10,16H,8,14H2,1-4H3,(H,15,18). The zero-order valence-corrected chi connectivity index (χ0v) is 11.4. The minimum absolute atomic E-state index is 0.0598. The fraction of sp³-hybridized carbons (Fsp3) is 0.462. The SMILES string of the molecule is Cc1cc(C(=O)NCC(C)N(C)C)ccc1NN. The van der Waals surface area contributed by atoms with Gasteiger partial charge in [0.15, 0.2) is 0 Å². The lowest BCUT2D eigenvalue weighted by atomic mass is 10.1. The first-order valence-corrected chi connectivity index (χ1v) is 5.97. The van der Waals surface area contributed by atoms with E-state index < -0.39 is 0 Å². The number of hydrogen-bond donors (Lipinski definition) is 3. The van der Waals surface area contributed by atoms with Crippen LogP contribution in [0, 0.1) is 6.92 Å². The normalized spacial score (nSPS) is 12.3. The third kappa shape index (κ3) is 3.72. The molecule has 0 heterocycles. The molecule has 0 saturated carbocycles. The highest BCUT2D eigenvalue weighted by molar-refractivity contribution is 5.94. The summed E-state index contributed by atoms with van der Waals surface area (Å²) in [4.78, 5) is 14.0. The van der Waals surface area contributed by atoms with Gasteiger partial charge in [-0.15, -0.1) is 0 Å². The number of nitrogens with zero attached hydrogens (tertiary/aromatic N) is 1. The summed E-state index contributed by atoms with van der Waals surface area (Å²) in [6, 6.07) is 5.70. The molecule has 1 unspecified atom stereocenters. The Morgan fingerprint density at radius 3 is 2.61 bits per heavy atom. The molecule has 0 fully saturated rings. The third-order valence-electron chi connectivity index (χ3n) is 3.08. The number of carbonyl (C=O) groups excluding carboxylic acids is 1. The zero-order chi connectivity index (χ0) is 13.7. The van der Waals surface area contributed by atoms with Crippen LogP contribution in [0.15, 0.2) is 18.2 Å². The van der Waals surface area contributed by atoms with Gasteiger partial charge < -0.3 is 15.6 Å². The van der Waals surface area contributed by atoms with Gasteiger partial charge >= 0.3 is 0 Å². The predicted molar refractivity (Wildman–Crippen MR) is 74.5 cm³/mol. The van der Waals surface area contributed by atoms with Gasteiger partial charge in [-0.25, -0.2) is 0 Å². The van der Waals surface area contributed by atoms with Crippen LogP contribution in [0.1, 0.15) is 22.8 Å². The molecule has 0 saturated heterocycles. The van der Waals surface area contributed by atoms with Gasteiger partial charge in [0.2, 0.25) is 0 Å². The number of anilines is 1. The lowest BCUT2D eigenvalue weighted by molar-refractivity contribution is 0.0943. The summed E-state index contributed by atoms with van der Waals surface area (Å²) in [7, 11) is 3.98.